The van der Waals surface area contributed by atoms with E-state index in [1.807, 2.05) is 24.8 Å². The second-order valence-corrected chi connectivity index (χ2v) is 4.87. The maximum absolute atomic E-state index is 13.0. The highest BCUT2D eigenvalue weighted by Crippen LogP contribution is 2.21. The second-order valence-electron chi connectivity index (χ2n) is 3.96. The molecule has 0 saturated carbocycles. The first-order valence-electron chi connectivity index (χ1n) is 5.67. The average Bonchev–Trinajstić information content (AvgIpc) is 2.25. The topological polar surface area (TPSA) is 12.0 Å². The Kier molecular flexibility index (Phi) is 5.85. The first-order chi connectivity index (χ1) is 7.69. The van der Waals surface area contributed by atoms with Crippen LogP contribution in [0.1, 0.15) is 30.5 Å². The zero-order valence-electron chi connectivity index (χ0n) is 10.2. The van der Waals surface area contributed by atoms with E-state index in [0.29, 0.717) is 6.04 Å². The summed E-state index contributed by atoms with van der Waals surface area (Å²) in [5, 5.41) is 3.50. The van der Waals surface area contributed by atoms with Crippen LogP contribution < -0.4 is 5.32 Å². The first kappa shape index (κ1) is 13.5. The fraction of sp³-hybridized carbons (Fsp3) is 0.538. The molecule has 0 saturated heterocycles. The molecule has 1 nitrogen and oxygen atoms in total. The Morgan fingerprint density at radius 2 is 2.19 bits per heavy atom. The molecule has 1 atom stereocenters. The molecule has 0 amide bonds. The molecule has 1 N–H and O–H groups in total. The molecule has 1 rings (SSSR count). The van der Waals surface area contributed by atoms with Crippen LogP contribution in [0.5, 0.6) is 0 Å². The van der Waals surface area contributed by atoms with Crippen LogP contribution in [0.2, 0.25) is 0 Å². The van der Waals surface area contributed by atoms with Gasteiger partial charge in [0.2, 0.25) is 0 Å². The number of hydrogen-bond acceptors (Lipinski definition) is 2. The van der Waals surface area contributed by atoms with Gasteiger partial charge in [-0.15, -0.1) is 0 Å². The van der Waals surface area contributed by atoms with E-state index in [1.165, 1.54) is 5.56 Å². The van der Waals surface area contributed by atoms with Crippen molar-refractivity contribution in [2.75, 3.05) is 18.6 Å². The lowest BCUT2D eigenvalue weighted by molar-refractivity contribution is 0.571. The van der Waals surface area contributed by atoms with E-state index in [1.54, 1.807) is 12.1 Å². The van der Waals surface area contributed by atoms with Crippen molar-refractivity contribution in [3.63, 3.8) is 0 Å². The van der Waals surface area contributed by atoms with Crippen LogP contribution in [-0.2, 0) is 0 Å². The second kappa shape index (κ2) is 6.92. The quantitative estimate of drug-likeness (QED) is 0.817. The molecule has 0 heterocycles. The minimum absolute atomic E-state index is 0.153. The fourth-order valence-electron chi connectivity index (χ4n) is 1.77. The molecule has 0 radical (unpaired) electrons. The minimum atomic E-state index is -0.153. The Bertz CT molecular complexity index is 328. The van der Waals surface area contributed by atoms with Crippen molar-refractivity contribution in [2.24, 2.45) is 0 Å². The van der Waals surface area contributed by atoms with Gasteiger partial charge in [-0.25, -0.2) is 4.39 Å². The largest absolute Gasteiger partial charge is 0.309 e. The normalized spacial score (nSPS) is 12.8. The average molecular weight is 241 g/mol. The van der Waals surface area contributed by atoms with Gasteiger partial charge in [-0.05, 0) is 49.4 Å². The van der Waals surface area contributed by atoms with E-state index in [9.17, 15) is 4.39 Å². The third-order valence-electron chi connectivity index (χ3n) is 2.58. The van der Waals surface area contributed by atoms with E-state index >= 15 is 0 Å². The summed E-state index contributed by atoms with van der Waals surface area (Å²) in [4.78, 5) is 0. The number of rotatable bonds is 6. The van der Waals surface area contributed by atoms with E-state index in [4.69, 9.17) is 0 Å². The van der Waals surface area contributed by atoms with Gasteiger partial charge >= 0.3 is 0 Å². The molecule has 3 heteroatoms. The predicted octanol–water partition coefficient (Wildman–Crippen LogP) is 3.54. The fourth-order valence-corrected chi connectivity index (χ4v) is 2.40. The molecule has 90 valence electrons. The van der Waals surface area contributed by atoms with Crippen LogP contribution in [-0.4, -0.2) is 18.6 Å². The molecule has 1 aromatic carbocycles. The van der Waals surface area contributed by atoms with Crippen LogP contribution in [0.4, 0.5) is 4.39 Å². The van der Waals surface area contributed by atoms with Crippen LogP contribution in [0.25, 0.3) is 0 Å². The zero-order valence-corrected chi connectivity index (χ0v) is 11.0. The van der Waals surface area contributed by atoms with Crippen molar-refractivity contribution in [1.82, 2.24) is 5.32 Å². The Balaban J connectivity index is 2.82. The lowest BCUT2D eigenvalue weighted by Crippen LogP contribution is -2.24. The number of aryl methyl sites for hydroxylation is 1. The molecule has 0 spiro atoms. The molecule has 16 heavy (non-hydrogen) atoms. The van der Waals surface area contributed by atoms with Crippen molar-refractivity contribution < 1.29 is 4.39 Å². The van der Waals surface area contributed by atoms with Crippen LogP contribution in [0.15, 0.2) is 18.2 Å². The first-order valence-corrected chi connectivity index (χ1v) is 7.06. The number of benzene rings is 1. The van der Waals surface area contributed by atoms with Crippen LogP contribution in [0.3, 0.4) is 0 Å². The summed E-state index contributed by atoms with van der Waals surface area (Å²) >= 11 is 1.81. The van der Waals surface area contributed by atoms with Gasteiger partial charge in [0, 0.05) is 11.8 Å². The van der Waals surface area contributed by atoms with Crippen molar-refractivity contribution >= 4 is 11.8 Å². The third-order valence-corrected chi connectivity index (χ3v) is 3.25. The summed E-state index contributed by atoms with van der Waals surface area (Å²) in [7, 11) is 0. The van der Waals surface area contributed by atoms with E-state index in [2.05, 4.69) is 18.5 Å². The van der Waals surface area contributed by atoms with Gasteiger partial charge in [-0.1, -0.05) is 13.0 Å². The molecule has 0 bridgehead atoms. The molecule has 1 aromatic rings. The van der Waals surface area contributed by atoms with Gasteiger partial charge in [-0.2, -0.15) is 11.8 Å². The Morgan fingerprint density at radius 3 is 2.75 bits per heavy atom. The Morgan fingerprint density at radius 1 is 1.44 bits per heavy atom. The molecule has 0 aliphatic heterocycles. The van der Waals surface area contributed by atoms with Crippen molar-refractivity contribution in [3.05, 3.63) is 35.1 Å². The predicted molar refractivity (Wildman–Crippen MR) is 70.6 cm³/mol. The number of hydrogen-bond donors (Lipinski definition) is 1. The molecule has 0 aliphatic carbocycles. The molecule has 0 aromatic heterocycles. The highest BCUT2D eigenvalue weighted by atomic mass is 32.2. The molecular formula is C13H20FNS. The van der Waals surface area contributed by atoms with Crippen LogP contribution >= 0.6 is 11.8 Å². The van der Waals surface area contributed by atoms with Gasteiger partial charge in [0.1, 0.15) is 5.82 Å². The van der Waals surface area contributed by atoms with Crippen molar-refractivity contribution in [2.45, 2.75) is 26.3 Å². The minimum Gasteiger partial charge on any atom is -0.309 e. The summed E-state index contributed by atoms with van der Waals surface area (Å²) in [6.07, 6.45) is 3.21. The Hall–Kier alpha value is -0.540. The lowest BCUT2D eigenvalue weighted by Gasteiger charge is -2.20. The Labute approximate surface area is 102 Å². The summed E-state index contributed by atoms with van der Waals surface area (Å²) < 4.78 is 13.0. The SMILES string of the molecule is CCCNC(CSC)c1ccc(F)cc1C. The van der Waals surface area contributed by atoms with Crippen molar-refractivity contribution in [3.8, 4) is 0 Å². The highest BCUT2D eigenvalue weighted by Gasteiger charge is 2.12. The van der Waals surface area contributed by atoms with Gasteiger partial charge in [-0.3, -0.25) is 0 Å². The third kappa shape index (κ3) is 3.80. The molecule has 0 aliphatic rings. The van der Waals surface area contributed by atoms with Gasteiger partial charge < -0.3 is 5.32 Å². The number of halogens is 1. The van der Waals surface area contributed by atoms with Crippen LogP contribution in [0, 0.1) is 12.7 Å². The van der Waals surface area contributed by atoms with Gasteiger partial charge in [0.05, 0.1) is 0 Å². The molecule has 1 unspecified atom stereocenters. The summed E-state index contributed by atoms with van der Waals surface area (Å²) in [5.41, 5.74) is 2.24. The maximum atomic E-state index is 13.0. The highest BCUT2D eigenvalue weighted by molar-refractivity contribution is 7.98. The molecule has 0 fully saturated rings. The lowest BCUT2D eigenvalue weighted by atomic mass is 10.0. The summed E-state index contributed by atoms with van der Waals surface area (Å²) in [6.45, 7) is 5.13. The number of nitrogens with one attached hydrogen (secondary N) is 1. The summed E-state index contributed by atoms with van der Waals surface area (Å²) in [5.74, 6) is 0.867. The van der Waals surface area contributed by atoms with E-state index < -0.39 is 0 Å². The van der Waals surface area contributed by atoms with Crippen molar-refractivity contribution in [1.29, 1.82) is 0 Å². The van der Waals surface area contributed by atoms with E-state index in [-0.39, 0.29) is 5.82 Å². The van der Waals surface area contributed by atoms with E-state index in [0.717, 1.165) is 24.3 Å². The van der Waals surface area contributed by atoms with Gasteiger partial charge in [0.15, 0.2) is 0 Å². The smallest absolute Gasteiger partial charge is 0.123 e. The standard InChI is InChI=1S/C13H20FNS/c1-4-7-15-13(9-16-3)12-6-5-11(14)8-10(12)2/h5-6,8,13,15H,4,7,9H2,1-3H3. The maximum Gasteiger partial charge on any atom is 0.123 e. The monoisotopic (exact) mass is 241 g/mol. The molecular weight excluding hydrogens is 221 g/mol. The zero-order chi connectivity index (χ0) is 12.0. The number of thioether (sulfide) groups is 1. The summed E-state index contributed by atoms with van der Waals surface area (Å²) in [6, 6.07) is 5.38. The van der Waals surface area contributed by atoms with Gasteiger partial charge in [0.25, 0.3) is 0 Å².